The second kappa shape index (κ2) is 10.1. The minimum atomic E-state index is -1.01. The van der Waals surface area contributed by atoms with E-state index in [-0.39, 0.29) is 27.3 Å². The molecule has 1 aromatic carbocycles. The van der Waals surface area contributed by atoms with Crippen LogP contribution >= 0.6 is 39.1 Å². The number of carbonyl (C=O) groups is 3. The van der Waals surface area contributed by atoms with Gasteiger partial charge < -0.3 is 15.7 Å². The van der Waals surface area contributed by atoms with Gasteiger partial charge in [0.25, 0.3) is 5.91 Å². The summed E-state index contributed by atoms with van der Waals surface area (Å²) in [7, 11) is 0. The number of carboxylic acid groups (broad SMARTS) is 1. The van der Waals surface area contributed by atoms with E-state index in [1.807, 2.05) is 19.1 Å². The number of rotatable bonds is 8. The van der Waals surface area contributed by atoms with E-state index in [9.17, 15) is 19.5 Å². The largest absolute Gasteiger partial charge is 0.480 e. The lowest BCUT2D eigenvalue weighted by atomic mass is 9.69. The number of benzene rings is 1. The van der Waals surface area contributed by atoms with Crippen LogP contribution in [0.4, 0.5) is 5.69 Å². The number of anilines is 1. The summed E-state index contributed by atoms with van der Waals surface area (Å²) in [5.41, 5.74) is 1.37. The van der Waals surface area contributed by atoms with E-state index in [4.69, 9.17) is 23.2 Å². The molecule has 2 aliphatic rings. The van der Waals surface area contributed by atoms with Crippen molar-refractivity contribution in [3.05, 3.63) is 80.2 Å². The number of carbonyl (C=O) groups excluding carboxylic acids is 2. The molecule has 35 heavy (non-hydrogen) atoms. The summed E-state index contributed by atoms with van der Waals surface area (Å²) < 4.78 is 0.411. The highest BCUT2D eigenvalue weighted by Gasteiger charge is 2.54. The number of allylic oxidation sites excluding steroid dienone is 4. The Labute approximate surface area is 220 Å². The van der Waals surface area contributed by atoms with E-state index < -0.39 is 23.3 Å². The maximum absolute atomic E-state index is 12.6. The Bertz CT molecular complexity index is 1230. The number of hydrogen-bond donors (Lipinski definition) is 3. The molecule has 0 radical (unpaired) electrons. The van der Waals surface area contributed by atoms with Crippen LogP contribution in [0.2, 0.25) is 10.0 Å². The zero-order valence-electron chi connectivity index (χ0n) is 18.6. The van der Waals surface area contributed by atoms with Gasteiger partial charge in [0.15, 0.2) is 5.78 Å². The lowest BCUT2D eigenvalue weighted by Crippen LogP contribution is -2.52. The van der Waals surface area contributed by atoms with Gasteiger partial charge in [0.1, 0.15) is 6.04 Å². The summed E-state index contributed by atoms with van der Waals surface area (Å²) in [6.45, 7) is 1.91. The van der Waals surface area contributed by atoms with Crippen LogP contribution in [0.25, 0.3) is 0 Å². The molecule has 4 rings (SSSR count). The fourth-order valence-electron chi connectivity index (χ4n) is 4.62. The summed E-state index contributed by atoms with van der Waals surface area (Å²) in [6.07, 6.45) is 8.24. The van der Waals surface area contributed by atoms with Crippen molar-refractivity contribution in [3.8, 4) is 0 Å². The monoisotopic (exact) mass is 577 g/mol. The van der Waals surface area contributed by atoms with E-state index >= 15 is 0 Å². The van der Waals surface area contributed by atoms with Gasteiger partial charge in [-0.25, -0.2) is 4.79 Å². The molecule has 7 nitrogen and oxygen atoms in total. The first-order valence-corrected chi connectivity index (χ1v) is 12.5. The van der Waals surface area contributed by atoms with Crippen molar-refractivity contribution in [1.82, 2.24) is 10.3 Å². The lowest BCUT2D eigenvalue weighted by Gasteiger charge is -2.42. The topological polar surface area (TPSA) is 108 Å². The van der Waals surface area contributed by atoms with Gasteiger partial charge in [-0.1, -0.05) is 54.4 Å². The summed E-state index contributed by atoms with van der Waals surface area (Å²) in [4.78, 5) is 41.3. The third kappa shape index (κ3) is 4.62. The first kappa shape index (κ1) is 25.4. The molecule has 1 spiro atoms. The molecule has 0 aliphatic heterocycles. The van der Waals surface area contributed by atoms with Gasteiger partial charge >= 0.3 is 5.97 Å². The van der Waals surface area contributed by atoms with Crippen molar-refractivity contribution in [1.29, 1.82) is 0 Å². The molecule has 0 saturated carbocycles. The van der Waals surface area contributed by atoms with Crippen molar-refractivity contribution < 1.29 is 19.5 Å². The summed E-state index contributed by atoms with van der Waals surface area (Å²) in [5.74, 6) is -1.87. The molecule has 3 N–H and O–H groups in total. The maximum atomic E-state index is 12.6. The van der Waals surface area contributed by atoms with Crippen LogP contribution in [0.15, 0.2) is 59.0 Å². The highest BCUT2D eigenvalue weighted by atomic mass is 79.9. The van der Waals surface area contributed by atoms with Crippen LogP contribution in [0.3, 0.4) is 0 Å². The van der Waals surface area contributed by atoms with E-state index in [1.54, 1.807) is 24.3 Å². The van der Waals surface area contributed by atoms with Crippen molar-refractivity contribution in [2.45, 2.75) is 38.1 Å². The number of amides is 1. The molecule has 0 fully saturated rings. The third-order valence-corrected chi connectivity index (χ3v) is 7.85. The van der Waals surface area contributed by atoms with E-state index in [1.165, 1.54) is 12.4 Å². The Balaban J connectivity index is 1.53. The molecule has 2 aliphatic carbocycles. The van der Waals surface area contributed by atoms with Gasteiger partial charge in [-0.05, 0) is 52.9 Å². The fraction of sp³-hybridized carbons (Fsp3) is 0.280. The number of hydrogen-bond acceptors (Lipinski definition) is 5. The summed E-state index contributed by atoms with van der Waals surface area (Å²) in [5, 5.41) is 16.2. The van der Waals surface area contributed by atoms with Gasteiger partial charge in [0.05, 0.1) is 25.5 Å². The van der Waals surface area contributed by atoms with Gasteiger partial charge in [-0.3, -0.25) is 14.6 Å². The Hall–Kier alpha value is -2.68. The molecule has 10 heteroatoms. The average molecular weight is 579 g/mol. The van der Waals surface area contributed by atoms with E-state index in [0.717, 1.165) is 5.56 Å². The molecule has 2 atom stereocenters. The standard InChI is InChI=1S/C25H22BrCl2N3O4/c1-2-15(20(24(34)35)31-21-19(26)22(32)25(21)9-3-4-10-25)13-5-7-14(8-6-13)30-23(33)18-16(27)11-29-12-17(18)28/h3-8,11-12,15,20,31H,2,9-10H2,1H3,(H,30,33)(H,34,35)/t15?,20-/m0/s1. The molecule has 0 bridgehead atoms. The SMILES string of the molecule is CCC(c1ccc(NC(=O)c2c(Cl)cncc2Cl)cc1)[C@H](NC1=C(Br)C(=O)C12CC=CC2)C(=O)O. The predicted octanol–water partition coefficient (Wildman–Crippen LogP) is 5.70. The molecule has 2 aromatic rings. The van der Waals surface area contributed by atoms with Crippen molar-refractivity contribution >= 4 is 62.5 Å². The minimum Gasteiger partial charge on any atom is -0.480 e. The number of nitrogens with zero attached hydrogens (tertiary/aromatic N) is 1. The molecule has 182 valence electrons. The average Bonchev–Trinajstić information content (AvgIpc) is 3.34. The van der Waals surface area contributed by atoms with Crippen molar-refractivity contribution in [3.63, 3.8) is 0 Å². The number of nitrogens with one attached hydrogen (secondary N) is 2. The molecule has 1 unspecified atom stereocenters. The zero-order valence-corrected chi connectivity index (χ0v) is 21.7. The number of halogens is 3. The molecular formula is C25H22BrCl2N3O4. The number of pyridine rings is 1. The molecule has 1 amide bonds. The number of aliphatic carboxylic acids is 1. The third-order valence-electron chi connectivity index (χ3n) is 6.52. The number of aromatic nitrogens is 1. The predicted molar refractivity (Wildman–Crippen MR) is 138 cm³/mol. The van der Waals surface area contributed by atoms with Crippen LogP contribution in [-0.4, -0.2) is 33.8 Å². The van der Waals surface area contributed by atoms with Gasteiger partial charge in [-0.15, -0.1) is 0 Å². The molecular weight excluding hydrogens is 557 g/mol. The quantitative estimate of drug-likeness (QED) is 0.347. The van der Waals surface area contributed by atoms with Crippen LogP contribution in [0.5, 0.6) is 0 Å². The van der Waals surface area contributed by atoms with Gasteiger partial charge in [0.2, 0.25) is 0 Å². The highest BCUT2D eigenvalue weighted by molar-refractivity contribution is 9.12. The van der Waals surface area contributed by atoms with Crippen molar-refractivity contribution in [2.24, 2.45) is 5.41 Å². The second-order valence-corrected chi connectivity index (χ2v) is 10.1. The van der Waals surface area contributed by atoms with Crippen LogP contribution < -0.4 is 10.6 Å². The lowest BCUT2D eigenvalue weighted by molar-refractivity contribution is -0.140. The maximum Gasteiger partial charge on any atom is 0.326 e. The smallest absolute Gasteiger partial charge is 0.326 e. The Kier molecular flexibility index (Phi) is 7.35. The van der Waals surface area contributed by atoms with Crippen molar-refractivity contribution in [2.75, 3.05) is 5.32 Å². The number of Topliss-reactive ketones (excluding diaryl/α,β-unsaturated/α-hetero) is 1. The Morgan fingerprint density at radius 1 is 1.14 bits per heavy atom. The zero-order chi connectivity index (χ0) is 25.3. The normalized spacial score (nSPS) is 17.8. The Morgan fingerprint density at radius 3 is 2.29 bits per heavy atom. The fourth-order valence-corrected chi connectivity index (χ4v) is 6.03. The van der Waals surface area contributed by atoms with E-state index in [0.29, 0.717) is 35.1 Å². The van der Waals surface area contributed by atoms with Gasteiger partial charge in [0, 0.05) is 29.7 Å². The highest BCUT2D eigenvalue weighted by Crippen LogP contribution is 2.52. The molecule has 1 aromatic heterocycles. The number of carboxylic acids is 1. The Morgan fingerprint density at radius 2 is 1.74 bits per heavy atom. The first-order chi connectivity index (χ1) is 16.7. The summed E-state index contributed by atoms with van der Waals surface area (Å²) in [6, 6.07) is 6.01. The minimum absolute atomic E-state index is 0.00307. The van der Waals surface area contributed by atoms with Crippen LogP contribution in [-0.2, 0) is 9.59 Å². The van der Waals surface area contributed by atoms with Gasteiger partial charge in [-0.2, -0.15) is 0 Å². The van der Waals surface area contributed by atoms with Crippen LogP contribution in [0.1, 0.15) is 48.0 Å². The second-order valence-electron chi connectivity index (χ2n) is 8.51. The summed E-state index contributed by atoms with van der Waals surface area (Å²) >= 11 is 15.4. The molecule has 1 heterocycles. The molecule has 0 saturated heterocycles. The first-order valence-electron chi connectivity index (χ1n) is 11.0. The number of ketones is 1. The van der Waals surface area contributed by atoms with E-state index in [2.05, 4.69) is 31.5 Å². The van der Waals surface area contributed by atoms with Crippen LogP contribution in [0, 0.1) is 5.41 Å².